The van der Waals surface area contributed by atoms with Crippen LogP contribution >= 0.6 is 15.9 Å². The number of nitrogens with two attached hydrogens (primary N) is 1. The first kappa shape index (κ1) is 13.5. The molecule has 0 aliphatic carbocycles. The number of rotatable bonds is 4. The van der Waals surface area contributed by atoms with E-state index in [0.717, 1.165) is 11.0 Å². The minimum atomic E-state index is 0.352. The smallest absolute Gasteiger partial charge is 0.240 e. The molecule has 0 spiro atoms. The van der Waals surface area contributed by atoms with Crippen LogP contribution in [0.5, 0.6) is 5.88 Å². The van der Waals surface area contributed by atoms with Crippen molar-refractivity contribution in [3.05, 3.63) is 10.7 Å². The summed E-state index contributed by atoms with van der Waals surface area (Å²) >= 11 is 3.37. The molecule has 1 aromatic rings. The molecule has 2 heterocycles. The second-order valence-electron chi connectivity index (χ2n) is 4.43. The Bertz CT molecular complexity index is 403. The molecule has 0 bridgehead atoms. The predicted octanol–water partition coefficient (Wildman–Crippen LogP) is 1.39. The van der Waals surface area contributed by atoms with Gasteiger partial charge in [-0.1, -0.05) is 6.42 Å². The van der Waals surface area contributed by atoms with Gasteiger partial charge in [-0.3, -0.25) is 5.43 Å². The SMILES string of the molecule is CN1CCCCC1COc1nc(NN)ncc1Br. The number of aromatic nitrogens is 2. The van der Waals surface area contributed by atoms with Crippen molar-refractivity contribution < 1.29 is 4.74 Å². The van der Waals surface area contributed by atoms with Crippen molar-refractivity contribution in [2.45, 2.75) is 25.3 Å². The van der Waals surface area contributed by atoms with Gasteiger partial charge in [0.2, 0.25) is 11.8 Å². The van der Waals surface area contributed by atoms with Crippen molar-refractivity contribution in [2.75, 3.05) is 25.6 Å². The van der Waals surface area contributed by atoms with Gasteiger partial charge in [0, 0.05) is 6.04 Å². The van der Waals surface area contributed by atoms with E-state index in [1.807, 2.05) is 0 Å². The molecule has 1 aliphatic rings. The lowest BCUT2D eigenvalue weighted by Crippen LogP contribution is -2.40. The van der Waals surface area contributed by atoms with E-state index in [2.05, 4.69) is 43.3 Å². The van der Waals surface area contributed by atoms with Crippen molar-refractivity contribution in [3.63, 3.8) is 0 Å². The zero-order valence-electron chi connectivity index (χ0n) is 10.4. The molecule has 1 aliphatic heterocycles. The van der Waals surface area contributed by atoms with Crippen LogP contribution in [0.1, 0.15) is 19.3 Å². The Hall–Kier alpha value is -0.920. The van der Waals surface area contributed by atoms with Crippen molar-refractivity contribution in [1.82, 2.24) is 14.9 Å². The topological polar surface area (TPSA) is 76.3 Å². The number of nitrogen functional groups attached to an aromatic ring is 1. The van der Waals surface area contributed by atoms with E-state index >= 15 is 0 Å². The summed E-state index contributed by atoms with van der Waals surface area (Å²) in [7, 11) is 2.13. The fraction of sp³-hybridized carbons (Fsp3) is 0.636. The number of piperidine rings is 1. The second kappa shape index (κ2) is 6.31. The first-order chi connectivity index (χ1) is 8.70. The third-order valence-electron chi connectivity index (χ3n) is 3.17. The highest BCUT2D eigenvalue weighted by molar-refractivity contribution is 9.10. The van der Waals surface area contributed by atoms with Crippen LogP contribution in [0.25, 0.3) is 0 Å². The zero-order valence-corrected chi connectivity index (χ0v) is 12.0. The third-order valence-corrected chi connectivity index (χ3v) is 3.72. The zero-order chi connectivity index (χ0) is 13.0. The minimum absolute atomic E-state index is 0.352. The normalized spacial score (nSPS) is 20.7. The van der Waals surface area contributed by atoms with Crippen molar-refractivity contribution in [1.29, 1.82) is 0 Å². The molecule has 0 amide bonds. The van der Waals surface area contributed by atoms with Crippen LogP contribution in [0.2, 0.25) is 0 Å². The number of hydrogen-bond donors (Lipinski definition) is 2. The Kier molecular flexibility index (Phi) is 4.73. The summed E-state index contributed by atoms with van der Waals surface area (Å²) in [6, 6.07) is 0.454. The quantitative estimate of drug-likeness (QED) is 0.646. The summed E-state index contributed by atoms with van der Waals surface area (Å²) < 4.78 is 6.49. The Balaban J connectivity index is 1.96. The lowest BCUT2D eigenvalue weighted by Gasteiger charge is -2.32. The predicted molar refractivity (Wildman–Crippen MR) is 73.3 cm³/mol. The molecule has 2 rings (SSSR count). The van der Waals surface area contributed by atoms with Crippen molar-refractivity contribution in [2.24, 2.45) is 5.84 Å². The highest BCUT2D eigenvalue weighted by Crippen LogP contribution is 2.23. The molecule has 1 saturated heterocycles. The summed E-state index contributed by atoms with van der Waals surface area (Å²) in [6.45, 7) is 1.77. The van der Waals surface area contributed by atoms with Crippen molar-refractivity contribution >= 4 is 21.9 Å². The number of hydrazine groups is 1. The Morgan fingerprint density at radius 2 is 2.44 bits per heavy atom. The van der Waals surface area contributed by atoms with Gasteiger partial charge in [-0.2, -0.15) is 4.98 Å². The van der Waals surface area contributed by atoms with E-state index in [1.54, 1.807) is 6.20 Å². The van der Waals surface area contributed by atoms with Gasteiger partial charge < -0.3 is 9.64 Å². The van der Waals surface area contributed by atoms with Crippen LogP contribution in [-0.4, -0.2) is 41.1 Å². The highest BCUT2D eigenvalue weighted by Gasteiger charge is 2.20. The fourth-order valence-electron chi connectivity index (χ4n) is 2.05. The molecule has 1 fully saturated rings. The average molecular weight is 316 g/mol. The van der Waals surface area contributed by atoms with Gasteiger partial charge in [-0.15, -0.1) is 0 Å². The van der Waals surface area contributed by atoms with Crippen LogP contribution in [0, 0.1) is 0 Å². The Morgan fingerprint density at radius 1 is 1.61 bits per heavy atom. The fourth-order valence-corrected chi connectivity index (χ4v) is 2.36. The molecule has 0 saturated carbocycles. The van der Waals surface area contributed by atoms with Crippen LogP contribution in [-0.2, 0) is 0 Å². The van der Waals surface area contributed by atoms with E-state index < -0.39 is 0 Å². The summed E-state index contributed by atoms with van der Waals surface area (Å²) in [6.07, 6.45) is 5.33. The summed E-state index contributed by atoms with van der Waals surface area (Å²) in [5.74, 6) is 6.15. The van der Waals surface area contributed by atoms with Gasteiger partial charge in [0.25, 0.3) is 0 Å². The Morgan fingerprint density at radius 3 is 3.17 bits per heavy atom. The molecule has 6 nitrogen and oxygen atoms in total. The summed E-state index contributed by atoms with van der Waals surface area (Å²) in [5, 5.41) is 0. The lowest BCUT2D eigenvalue weighted by atomic mass is 10.0. The maximum Gasteiger partial charge on any atom is 0.240 e. The molecule has 0 radical (unpaired) electrons. The molecule has 18 heavy (non-hydrogen) atoms. The number of nitrogens with zero attached hydrogens (tertiary/aromatic N) is 3. The van der Waals surface area contributed by atoms with Gasteiger partial charge in [0.15, 0.2) is 0 Å². The van der Waals surface area contributed by atoms with Gasteiger partial charge in [-0.25, -0.2) is 10.8 Å². The number of likely N-dealkylation sites (tertiary alicyclic amines) is 1. The maximum atomic E-state index is 5.75. The number of nitrogens with one attached hydrogen (secondary N) is 1. The van der Waals surface area contributed by atoms with Crippen LogP contribution in [0.4, 0.5) is 5.95 Å². The minimum Gasteiger partial charge on any atom is -0.475 e. The molecule has 1 atom stereocenters. The van der Waals surface area contributed by atoms with Gasteiger partial charge >= 0.3 is 0 Å². The summed E-state index contributed by atoms with van der Waals surface area (Å²) in [5.41, 5.74) is 2.41. The molecule has 3 N–H and O–H groups in total. The van der Waals surface area contributed by atoms with Gasteiger partial charge in [0.1, 0.15) is 6.61 Å². The number of hydrogen-bond acceptors (Lipinski definition) is 6. The monoisotopic (exact) mass is 315 g/mol. The molecule has 0 aromatic carbocycles. The van der Waals surface area contributed by atoms with Crippen LogP contribution < -0.4 is 16.0 Å². The van der Waals surface area contributed by atoms with Gasteiger partial charge in [0.05, 0.1) is 10.7 Å². The largest absolute Gasteiger partial charge is 0.475 e. The molecular weight excluding hydrogens is 298 g/mol. The third kappa shape index (κ3) is 3.30. The number of likely N-dealkylation sites (N-methyl/N-ethyl adjacent to an activating group) is 1. The first-order valence-electron chi connectivity index (χ1n) is 6.03. The Labute approximate surface area is 115 Å². The van der Waals surface area contributed by atoms with Crippen LogP contribution in [0.3, 0.4) is 0 Å². The van der Waals surface area contributed by atoms with E-state index in [1.165, 1.54) is 19.3 Å². The van der Waals surface area contributed by atoms with E-state index in [0.29, 0.717) is 24.5 Å². The van der Waals surface area contributed by atoms with E-state index in [4.69, 9.17) is 10.6 Å². The molecule has 7 heteroatoms. The average Bonchev–Trinajstić information content (AvgIpc) is 2.39. The first-order valence-corrected chi connectivity index (χ1v) is 6.82. The second-order valence-corrected chi connectivity index (χ2v) is 5.29. The molecular formula is C11H18BrN5O. The number of anilines is 1. The van der Waals surface area contributed by atoms with Crippen molar-refractivity contribution in [3.8, 4) is 5.88 Å². The molecule has 1 aromatic heterocycles. The number of halogens is 1. The summed E-state index contributed by atoms with van der Waals surface area (Å²) in [4.78, 5) is 10.5. The van der Waals surface area contributed by atoms with Gasteiger partial charge in [-0.05, 0) is 42.4 Å². The highest BCUT2D eigenvalue weighted by atomic mass is 79.9. The molecule has 1 unspecified atom stereocenters. The van der Waals surface area contributed by atoms with Crippen LogP contribution in [0.15, 0.2) is 10.7 Å². The van der Waals surface area contributed by atoms with E-state index in [9.17, 15) is 0 Å². The molecule has 100 valence electrons. The standard InChI is InChI=1S/C11H18BrN5O/c1-17-5-3-2-4-8(17)7-18-10-9(12)6-14-11(15-10)16-13/h6,8H,2-5,7,13H2,1H3,(H,14,15,16). The number of ether oxygens (including phenoxy) is 1. The van der Waals surface area contributed by atoms with E-state index in [-0.39, 0.29) is 0 Å². The maximum absolute atomic E-state index is 5.75. The lowest BCUT2D eigenvalue weighted by molar-refractivity contribution is 0.122.